The molecule has 0 aliphatic carbocycles. The summed E-state index contributed by atoms with van der Waals surface area (Å²) in [4.78, 5) is 1.15. The van der Waals surface area contributed by atoms with Crippen LogP contribution in [-0.4, -0.2) is 14.2 Å². The van der Waals surface area contributed by atoms with E-state index in [2.05, 4.69) is 25.4 Å². The summed E-state index contributed by atoms with van der Waals surface area (Å²) >= 11 is 4.89. The van der Waals surface area contributed by atoms with E-state index >= 15 is 0 Å². The molecular formula is C8H9BrN4S. The van der Waals surface area contributed by atoms with Crippen LogP contribution in [0.15, 0.2) is 16.9 Å². The van der Waals surface area contributed by atoms with Crippen molar-refractivity contribution in [3.8, 4) is 0 Å². The summed E-state index contributed by atoms with van der Waals surface area (Å²) in [6.45, 7) is 2.61. The number of hydrogen-bond acceptors (Lipinski definition) is 4. The summed E-state index contributed by atoms with van der Waals surface area (Å²) in [5, 5.41) is 4.28. The van der Waals surface area contributed by atoms with Gasteiger partial charge in [0.1, 0.15) is 0 Å². The highest BCUT2D eigenvalue weighted by Crippen LogP contribution is 2.21. The number of anilines is 1. The van der Waals surface area contributed by atoms with Gasteiger partial charge in [-0.25, -0.2) is 0 Å². The molecule has 0 fully saturated rings. The van der Waals surface area contributed by atoms with Gasteiger partial charge in [-0.15, -0.1) is 0 Å². The Labute approximate surface area is 94.0 Å². The zero-order valence-electron chi connectivity index (χ0n) is 7.57. The molecule has 0 aromatic carbocycles. The van der Waals surface area contributed by atoms with Crippen LogP contribution in [0.5, 0.6) is 0 Å². The highest BCUT2D eigenvalue weighted by atomic mass is 79.9. The first-order valence-corrected chi connectivity index (χ1v) is 5.62. The topological polar surface area (TPSA) is 56.7 Å². The number of hydrogen-bond donors (Lipinski definition) is 1. The third-order valence-corrected chi connectivity index (χ3v) is 3.61. The minimum atomic E-state index is 0.712. The Bertz CT molecular complexity index is 428. The molecule has 0 amide bonds. The van der Waals surface area contributed by atoms with Gasteiger partial charge in [-0.3, -0.25) is 4.68 Å². The lowest BCUT2D eigenvalue weighted by Gasteiger charge is -1.97. The van der Waals surface area contributed by atoms with E-state index in [1.165, 1.54) is 11.5 Å². The van der Waals surface area contributed by atoms with E-state index in [-0.39, 0.29) is 0 Å². The van der Waals surface area contributed by atoms with Gasteiger partial charge in [0.15, 0.2) is 0 Å². The van der Waals surface area contributed by atoms with Crippen molar-refractivity contribution in [1.82, 2.24) is 14.2 Å². The maximum atomic E-state index is 5.70. The van der Waals surface area contributed by atoms with E-state index < -0.39 is 0 Å². The average molecular weight is 273 g/mol. The van der Waals surface area contributed by atoms with Gasteiger partial charge in [-0.1, -0.05) is 0 Å². The third kappa shape index (κ3) is 1.80. The zero-order chi connectivity index (χ0) is 10.1. The molecule has 0 radical (unpaired) electrons. The van der Waals surface area contributed by atoms with Crippen LogP contribution in [0.25, 0.3) is 0 Å². The second kappa shape index (κ2) is 3.70. The molecule has 2 N–H and O–H groups in total. The first-order valence-electron chi connectivity index (χ1n) is 4.05. The highest BCUT2D eigenvalue weighted by molar-refractivity contribution is 9.10. The summed E-state index contributed by atoms with van der Waals surface area (Å²) in [5.74, 6) is 0. The molecule has 74 valence electrons. The quantitative estimate of drug-likeness (QED) is 0.911. The normalized spacial score (nSPS) is 10.7. The maximum absolute atomic E-state index is 5.70. The molecule has 2 heterocycles. The van der Waals surface area contributed by atoms with Crippen LogP contribution in [-0.2, 0) is 6.54 Å². The van der Waals surface area contributed by atoms with Crippen LogP contribution in [0.3, 0.4) is 0 Å². The Kier molecular flexibility index (Phi) is 2.56. The fourth-order valence-electron chi connectivity index (χ4n) is 1.12. The summed E-state index contributed by atoms with van der Waals surface area (Å²) in [7, 11) is 0. The van der Waals surface area contributed by atoms with Crippen molar-refractivity contribution >= 4 is 33.1 Å². The molecule has 0 unspecified atom stereocenters. The minimum absolute atomic E-state index is 0.712. The van der Waals surface area contributed by atoms with Gasteiger partial charge in [0, 0.05) is 6.20 Å². The Balaban J connectivity index is 2.23. The molecule has 0 bridgehead atoms. The lowest BCUT2D eigenvalue weighted by molar-refractivity contribution is 0.685. The van der Waals surface area contributed by atoms with Crippen molar-refractivity contribution in [2.45, 2.75) is 13.5 Å². The monoisotopic (exact) mass is 272 g/mol. The van der Waals surface area contributed by atoms with Crippen molar-refractivity contribution < 1.29 is 0 Å². The van der Waals surface area contributed by atoms with Gasteiger partial charge in [-0.2, -0.15) is 9.47 Å². The Hall–Kier alpha value is -0.880. The summed E-state index contributed by atoms with van der Waals surface area (Å²) in [6, 6.07) is 0. The van der Waals surface area contributed by atoms with Crippen LogP contribution < -0.4 is 5.73 Å². The molecule has 0 saturated carbocycles. The number of nitrogens with zero attached hydrogens (tertiary/aromatic N) is 3. The molecule has 4 nitrogen and oxygen atoms in total. The van der Waals surface area contributed by atoms with Crippen LogP contribution in [0.2, 0.25) is 0 Å². The molecule has 14 heavy (non-hydrogen) atoms. The van der Waals surface area contributed by atoms with Gasteiger partial charge in [0.2, 0.25) is 0 Å². The maximum Gasteiger partial charge on any atom is 0.0823 e. The number of aryl methyl sites for hydroxylation is 1. The van der Waals surface area contributed by atoms with E-state index in [1.54, 1.807) is 6.20 Å². The Morgan fingerprint density at radius 3 is 2.93 bits per heavy atom. The Morgan fingerprint density at radius 2 is 2.43 bits per heavy atom. The summed E-state index contributed by atoms with van der Waals surface area (Å²) in [6.07, 6.45) is 3.63. The van der Waals surface area contributed by atoms with Crippen molar-refractivity contribution in [1.29, 1.82) is 0 Å². The lowest BCUT2D eigenvalue weighted by atomic mass is 10.4. The molecule has 2 aromatic heterocycles. The molecule has 6 heteroatoms. The second-order valence-electron chi connectivity index (χ2n) is 2.96. The SMILES string of the molecule is Cc1nn(Cc2sncc2Br)cc1N. The van der Waals surface area contributed by atoms with Gasteiger partial charge < -0.3 is 5.73 Å². The van der Waals surface area contributed by atoms with E-state index in [0.717, 1.165) is 20.7 Å². The Morgan fingerprint density at radius 1 is 1.64 bits per heavy atom. The van der Waals surface area contributed by atoms with Crippen molar-refractivity contribution in [3.05, 3.63) is 27.4 Å². The summed E-state index contributed by atoms with van der Waals surface area (Å²) in [5.41, 5.74) is 7.29. The average Bonchev–Trinajstić information content (AvgIpc) is 2.63. The van der Waals surface area contributed by atoms with Gasteiger partial charge >= 0.3 is 0 Å². The number of rotatable bonds is 2. The predicted molar refractivity (Wildman–Crippen MR) is 60.3 cm³/mol. The zero-order valence-corrected chi connectivity index (χ0v) is 9.97. The minimum Gasteiger partial charge on any atom is -0.396 e. The highest BCUT2D eigenvalue weighted by Gasteiger charge is 2.06. The molecule has 0 spiro atoms. The molecule has 0 atom stereocenters. The fraction of sp³-hybridized carbons (Fsp3) is 0.250. The van der Waals surface area contributed by atoms with Gasteiger partial charge in [0.05, 0.1) is 33.5 Å². The van der Waals surface area contributed by atoms with E-state index in [0.29, 0.717) is 6.54 Å². The van der Waals surface area contributed by atoms with Crippen LogP contribution >= 0.6 is 27.5 Å². The first-order chi connectivity index (χ1) is 6.66. The molecule has 2 aromatic rings. The fourth-order valence-corrected chi connectivity index (χ4v) is 2.31. The molecule has 2 rings (SSSR count). The van der Waals surface area contributed by atoms with Gasteiger partial charge in [-0.05, 0) is 34.4 Å². The van der Waals surface area contributed by atoms with Crippen LogP contribution in [0, 0.1) is 6.92 Å². The van der Waals surface area contributed by atoms with Crippen LogP contribution in [0.1, 0.15) is 10.6 Å². The number of nitrogens with two attached hydrogens (primary N) is 1. The van der Waals surface area contributed by atoms with Crippen molar-refractivity contribution in [2.75, 3.05) is 5.73 Å². The lowest BCUT2D eigenvalue weighted by Crippen LogP contribution is -1.98. The summed E-state index contributed by atoms with van der Waals surface area (Å²) < 4.78 is 6.91. The smallest absolute Gasteiger partial charge is 0.0823 e. The number of nitrogen functional groups attached to an aromatic ring is 1. The van der Waals surface area contributed by atoms with Crippen molar-refractivity contribution in [2.24, 2.45) is 0 Å². The third-order valence-electron chi connectivity index (χ3n) is 1.89. The largest absolute Gasteiger partial charge is 0.396 e. The molecule has 0 aliphatic rings. The van der Waals surface area contributed by atoms with Crippen LogP contribution in [0.4, 0.5) is 5.69 Å². The standard InChI is InChI=1S/C8H9BrN4S/c1-5-7(10)3-13(12-5)4-8-6(9)2-11-14-8/h2-3H,4,10H2,1H3. The first kappa shape index (κ1) is 9.67. The number of aromatic nitrogens is 3. The second-order valence-corrected chi connectivity index (χ2v) is 4.70. The van der Waals surface area contributed by atoms with Gasteiger partial charge in [0.25, 0.3) is 0 Å². The van der Waals surface area contributed by atoms with E-state index in [4.69, 9.17) is 5.73 Å². The van der Waals surface area contributed by atoms with E-state index in [1.807, 2.05) is 17.8 Å². The van der Waals surface area contributed by atoms with Crippen molar-refractivity contribution in [3.63, 3.8) is 0 Å². The molecular weight excluding hydrogens is 264 g/mol. The predicted octanol–water partition coefficient (Wildman–Crippen LogP) is 2.04. The number of halogens is 1. The van der Waals surface area contributed by atoms with E-state index in [9.17, 15) is 0 Å². The molecule has 0 saturated heterocycles. The molecule has 0 aliphatic heterocycles.